The number of halogens is 1. The predicted molar refractivity (Wildman–Crippen MR) is 48.0 cm³/mol. The number of carbonyl (C=O) groups is 1. The minimum absolute atomic E-state index is 0.405. The molecule has 0 atom stereocenters. The summed E-state index contributed by atoms with van der Waals surface area (Å²) in [4.78, 5) is 14.0. The molecule has 0 fully saturated rings. The van der Waals surface area contributed by atoms with E-state index in [1.165, 1.54) is 0 Å². The largest absolute Gasteiger partial charge is 0.297 e. The van der Waals surface area contributed by atoms with Crippen molar-refractivity contribution in [3.63, 3.8) is 0 Å². The SMILES string of the molecule is CC/C(C)=C(Cl)/N=C(\C)C=O. The smallest absolute Gasteiger partial charge is 0.164 e. The highest BCUT2D eigenvalue weighted by Gasteiger charge is 1.95. The maximum Gasteiger partial charge on any atom is 0.164 e. The zero-order valence-corrected chi connectivity index (χ0v) is 7.77. The van der Waals surface area contributed by atoms with Crippen LogP contribution in [0.15, 0.2) is 15.7 Å². The van der Waals surface area contributed by atoms with Crippen molar-refractivity contribution in [3.05, 3.63) is 10.7 Å². The fourth-order valence-corrected chi connectivity index (χ4v) is 0.689. The van der Waals surface area contributed by atoms with Crippen LogP contribution in [0, 0.1) is 0 Å². The summed E-state index contributed by atoms with van der Waals surface area (Å²) < 4.78 is 0. The Kier molecular flexibility index (Phi) is 4.79. The maximum absolute atomic E-state index is 10.1. The number of rotatable bonds is 3. The molecule has 0 spiro atoms. The molecule has 0 aromatic heterocycles. The second-order valence-corrected chi connectivity index (χ2v) is 2.65. The van der Waals surface area contributed by atoms with E-state index in [2.05, 4.69) is 4.99 Å². The lowest BCUT2D eigenvalue weighted by Crippen LogP contribution is -1.91. The van der Waals surface area contributed by atoms with E-state index in [0.29, 0.717) is 17.2 Å². The van der Waals surface area contributed by atoms with Crippen LogP contribution >= 0.6 is 11.6 Å². The van der Waals surface area contributed by atoms with Gasteiger partial charge in [-0.15, -0.1) is 0 Å². The van der Waals surface area contributed by atoms with Gasteiger partial charge in [-0.2, -0.15) is 0 Å². The first kappa shape index (κ1) is 10.4. The number of carbonyl (C=O) groups excluding carboxylic acids is 1. The molecule has 0 bridgehead atoms. The Morgan fingerprint density at radius 2 is 2.09 bits per heavy atom. The van der Waals surface area contributed by atoms with Crippen LogP contribution in [0.3, 0.4) is 0 Å². The third-order valence-corrected chi connectivity index (χ3v) is 1.73. The zero-order chi connectivity index (χ0) is 8.85. The molecule has 0 aromatic carbocycles. The van der Waals surface area contributed by atoms with Gasteiger partial charge in [0, 0.05) is 0 Å². The number of aldehydes is 1. The van der Waals surface area contributed by atoms with E-state index in [1.54, 1.807) is 6.92 Å². The fraction of sp³-hybridized carbons (Fsp3) is 0.500. The average Bonchev–Trinajstić information content (AvgIpc) is 2.02. The molecule has 0 saturated carbocycles. The van der Waals surface area contributed by atoms with Crippen LogP contribution in [0.5, 0.6) is 0 Å². The van der Waals surface area contributed by atoms with Gasteiger partial charge >= 0.3 is 0 Å². The predicted octanol–water partition coefficient (Wildman–Crippen LogP) is 2.53. The second kappa shape index (κ2) is 5.08. The van der Waals surface area contributed by atoms with Gasteiger partial charge in [-0.05, 0) is 25.8 Å². The summed E-state index contributed by atoms with van der Waals surface area (Å²) in [7, 11) is 0. The van der Waals surface area contributed by atoms with Gasteiger partial charge in [0.15, 0.2) is 6.29 Å². The summed E-state index contributed by atoms with van der Waals surface area (Å²) in [6.07, 6.45) is 1.54. The second-order valence-electron chi connectivity index (χ2n) is 2.30. The summed E-state index contributed by atoms with van der Waals surface area (Å²) >= 11 is 5.74. The van der Waals surface area contributed by atoms with Gasteiger partial charge in [0.05, 0.1) is 5.71 Å². The average molecular weight is 174 g/mol. The van der Waals surface area contributed by atoms with Crippen LogP contribution in [0.25, 0.3) is 0 Å². The van der Waals surface area contributed by atoms with Gasteiger partial charge in [0.1, 0.15) is 5.16 Å². The Balaban J connectivity index is 4.49. The van der Waals surface area contributed by atoms with E-state index < -0.39 is 0 Å². The molecular weight excluding hydrogens is 162 g/mol. The Hall–Kier alpha value is -0.630. The van der Waals surface area contributed by atoms with Crippen molar-refractivity contribution in [1.29, 1.82) is 0 Å². The molecule has 0 amide bonds. The van der Waals surface area contributed by atoms with Crippen molar-refractivity contribution < 1.29 is 4.79 Å². The van der Waals surface area contributed by atoms with E-state index in [4.69, 9.17) is 11.6 Å². The van der Waals surface area contributed by atoms with Crippen LogP contribution in [-0.4, -0.2) is 12.0 Å². The Bertz CT molecular complexity index is 206. The number of hydrogen-bond acceptors (Lipinski definition) is 2. The van der Waals surface area contributed by atoms with Gasteiger partial charge in [0.25, 0.3) is 0 Å². The summed E-state index contributed by atoms with van der Waals surface area (Å²) in [5.41, 5.74) is 1.40. The summed E-state index contributed by atoms with van der Waals surface area (Å²) in [5, 5.41) is 0.428. The van der Waals surface area contributed by atoms with E-state index in [-0.39, 0.29) is 0 Å². The number of allylic oxidation sites excluding steroid dienone is 1. The highest BCUT2D eigenvalue weighted by molar-refractivity contribution is 6.33. The Morgan fingerprint density at radius 1 is 1.55 bits per heavy atom. The lowest BCUT2D eigenvalue weighted by molar-refractivity contribution is -0.102. The number of hydrogen-bond donors (Lipinski definition) is 0. The van der Waals surface area contributed by atoms with Crippen molar-refractivity contribution >= 4 is 23.6 Å². The monoisotopic (exact) mass is 173 g/mol. The lowest BCUT2D eigenvalue weighted by Gasteiger charge is -1.96. The first-order valence-electron chi connectivity index (χ1n) is 3.47. The van der Waals surface area contributed by atoms with Gasteiger partial charge < -0.3 is 0 Å². The molecule has 0 aromatic rings. The molecule has 0 heterocycles. The number of aliphatic imine (C=N–C) groups is 1. The lowest BCUT2D eigenvalue weighted by atomic mass is 10.2. The maximum atomic E-state index is 10.1. The topological polar surface area (TPSA) is 29.4 Å². The molecule has 0 radical (unpaired) electrons. The van der Waals surface area contributed by atoms with E-state index in [9.17, 15) is 4.79 Å². The molecule has 0 N–H and O–H groups in total. The third kappa shape index (κ3) is 3.94. The van der Waals surface area contributed by atoms with Crippen molar-refractivity contribution in [2.75, 3.05) is 0 Å². The van der Waals surface area contributed by atoms with E-state index in [1.807, 2.05) is 13.8 Å². The van der Waals surface area contributed by atoms with Crippen molar-refractivity contribution in [1.82, 2.24) is 0 Å². The van der Waals surface area contributed by atoms with Crippen LogP contribution in [0.2, 0.25) is 0 Å². The minimum atomic E-state index is 0.405. The van der Waals surface area contributed by atoms with Gasteiger partial charge in [0.2, 0.25) is 0 Å². The quantitative estimate of drug-likeness (QED) is 0.366. The molecule has 62 valence electrons. The molecule has 0 rings (SSSR count). The molecule has 0 saturated heterocycles. The number of nitrogens with zero attached hydrogens (tertiary/aromatic N) is 1. The van der Waals surface area contributed by atoms with Gasteiger partial charge in [-0.1, -0.05) is 18.5 Å². The van der Waals surface area contributed by atoms with Crippen LogP contribution in [-0.2, 0) is 4.79 Å². The fourth-order valence-electron chi connectivity index (χ4n) is 0.422. The summed E-state index contributed by atoms with van der Waals surface area (Å²) in [5.74, 6) is 0. The van der Waals surface area contributed by atoms with Crippen LogP contribution in [0.4, 0.5) is 0 Å². The molecule has 11 heavy (non-hydrogen) atoms. The molecule has 0 aliphatic carbocycles. The Labute approximate surface area is 72.0 Å². The normalized spacial score (nSPS) is 14.4. The molecular formula is C8H12ClNO. The van der Waals surface area contributed by atoms with Gasteiger partial charge in [-0.25, -0.2) is 4.99 Å². The van der Waals surface area contributed by atoms with Crippen LogP contribution in [0.1, 0.15) is 27.2 Å². The molecule has 0 aliphatic heterocycles. The zero-order valence-electron chi connectivity index (χ0n) is 7.02. The van der Waals surface area contributed by atoms with Crippen LogP contribution < -0.4 is 0 Å². The highest BCUT2D eigenvalue weighted by atomic mass is 35.5. The van der Waals surface area contributed by atoms with Crippen molar-refractivity contribution in [3.8, 4) is 0 Å². The molecule has 3 heteroatoms. The molecule has 2 nitrogen and oxygen atoms in total. The molecule has 0 aliphatic rings. The van der Waals surface area contributed by atoms with Gasteiger partial charge in [-0.3, -0.25) is 4.79 Å². The van der Waals surface area contributed by atoms with Crippen molar-refractivity contribution in [2.24, 2.45) is 4.99 Å². The standard InChI is InChI=1S/C8H12ClNO/c1-4-6(2)8(9)10-7(3)5-11/h5H,4H2,1-3H3/b8-6+,10-7+. The Morgan fingerprint density at radius 3 is 2.45 bits per heavy atom. The van der Waals surface area contributed by atoms with E-state index in [0.717, 1.165) is 12.0 Å². The first-order valence-corrected chi connectivity index (χ1v) is 3.85. The van der Waals surface area contributed by atoms with Crippen molar-refractivity contribution in [2.45, 2.75) is 27.2 Å². The highest BCUT2D eigenvalue weighted by Crippen LogP contribution is 2.13. The summed E-state index contributed by atoms with van der Waals surface area (Å²) in [6.45, 7) is 5.51. The molecule has 0 unspecified atom stereocenters. The first-order chi connectivity index (χ1) is 5.11. The van der Waals surface area contributed by atoms with E-state index >= 15 is 0 Å². The summed E-state index contributed by atoms with van der Waals surface area (Å²) in [6, 6.07) is 0. The third-order valence-electron chi connectivity index (χ3n) is 1.33. The minimum Gasteiger partial charge on any atom is -0.297 e.